The zero-order chi connectivity index (χ0) is 21.5. The Labute approximate surface area is 184 Å². The predicted octanol–water partition coefficient (Wildman–Crippen LogP) is 4.96. The number of nitrogens with one attached hydrogen (secondary N) is 2. The second kappa shape index (κ2) is 9.83. The van der Waals surface area contributed by atoms with Gasteiger partial charge < -0.3 is 14.7 Å². The normalized spacial score (nSPS) is 11.4. The number of para-hydroxylation sites is 2. The van der Waals surface area contributed by atoms with Crippen LogP contribution < -0.4 is 5.32 Å². The van der Waals surface area contributed by atoms with E-state index in [9.17, 15) is 10.1 Å². The molecule has 0 saturated heterocycles. The number of amides is 1. The maximum Gasteiger partial charge on any atom is 0.262 e. The van der Waals surface area contributed by atoms with E-state index >= 15 is 0 Å². The third kappa shape index (κ3) is 5.44. The van der Waals surface area contributed by atoms with E-state index in [1.165, 1.54) is 23.4 Å². The van der Waals surface area contributed by atoms with Gasteiger partial charge in [-0.1, -0.05) is 42.5 Å². The van der Waals surface area contributed by atoms with Crippen molar-refractivity contribution < 1.29 is 9.21 Å². The van der Waals surface area contributed by atoms with E-state index in [-0.39, 0.29) is 5.57 Å². The minimum atomic E-state index is -0.404. The van der Waals surface area contributed by atoms with Crippen molar-refractivity contribution in [2.45, 2.75) is 23.1 Å². The lowest BCUT2D eigenvalue weighted by Crippen LogP contribution is -2.25. The zero-order valence-electron chi connectivity index (χ0n) is 16.7. The fourth-order valence-electron chi connectivity index (χ4n) is 3.06. The van der Waals surface area contributed by atoms with E-state index in [0.29, 0.717) is 22.6 Å². The molecule has 1 amide bonds. The van der Waals surface area contributed by atoms with Crippen LogP contribution in [0.15, 0.2) is 87.0 Å². The second-order valence-corrected chi connectivity index (χ2v) is 7.83. The average Bonchev–Trinajstić information content (AvgIpc) is 3.41. The maximum atomic E-state index is 12.3. The smallest absolute Gasteiger partial charge is 0.262 e. The van der Waals surface area contributed by atoms with Gasteiger partial charge in [0, 0.05) is 12.6 Å². The molecule has 0 unspecified atom stereocenters. The summed E-state index contributed by atoms with van der Waals surface area (Å²) in [6, 6.07) is 23.3. The number of fused-ring (bicyclic) bond motifs is 1. The third-order valence-corrected chi connectivity index (χ3v) is 5.40. The number of furan rings is 1. The molecule has 2 aromatic heterocycles. The van der Waals surface area contributed by atoms with Gasteiger partial charge in [0.25, 0.3) is 5.91 Å². The summed E-state index contributed by atoms with van der Waals surface area (Å²) in [6.07, 6.45) is 3.12. The van der Waals surface area contributed by atoms with Gasteiger partial charge in [-0.2, -0.15) is 5.26 Å². The van der Waals surface area contributed by atoms with Crippen molar-refractivity contribution in [1.82, 2.24) is 15.3 Å². The first kappa shape index (κ1) is 20.5. The van der Waals surface area contributed by atoms with Crippen molar-refractivity contribution in [3.05, 3.63) is 83.6 Å². The Kier molecular flexibility index (Phi) is 6.50. The molecule has 2 N–H and O–H groups in total. The summed E-state index contributed by atoms with van der Waals surface area (Å²) >= 11 is 1.35. The number of carbonyl (C=O) groups is 1. The van der Waals surface area contributed by atoms with Crippen molar-refractivity contribution in [2.75, 3.05) is 6.54 Å². The Morgan fingerprint density at radius 2 is 1.94 bits per heavy atom. The molecular formula is C24H20N4O2S. The summed E-state index contributed by atoms with van der Waals surface area (Å²) in [5.74, 6) is 0.0352. The highest BCUT2D eigenvalue weighted by molar-refractivity contribution is 7.99. The van der Waals surface area contributed by atoms with Crippen LogP contribution in [0.3, 0.4) is 0 Å². The number of nitrogens with zero attached hydrogens (tertiary/aromatic N) is 2. The largest absolute Gasteiger partial charge is 0.450 e. The molecule has 0 atom stereocenters. The van der Waals surface area contributed by atoms with Crippen LogP contribution in [0.2, 0.25) is 0 Å². The first-order chi connectivity index (χ1) is 15.2. The van der Waals surface area contributed by atoms with E-state index < -0.39 is 5.91 Å². The molecular weight excluding hydrogens is 408 g/mol. The maximum absolute atomic E-state index is 12.3. The Morgan fingerprint density at radius 3 is 2.74 bits per heavy atom. The number of hydrogen-bond acceptors (Lipinski definition) is 5. The molecule has 0 saturated carbocycles. The van der Waals surface area contributed by atoms with E-state index in [4.69, 9.17) is 4.42 Å². The van der Waals surface area contributed by atoms with Crippen molar-refractivity contribution >= 4 is 34.8 Å². The Bertz CT molecular complexity index is 1220. The third-order valence-electron chi connectivity index (χ3n) is 4.59. The molecule has 6 nitrogen and oxygen atoms in total. The van der Waals surface area contributed by atoms with Gasteiger partial charge in [-0.15, -0.1) is 0 Å². The van der Waals surface area contributed by atoms with Gasteiger partial charge in [0.15, 0.2) is 10.2 Å². The summed E-state index contributed by atoms with van der Waals surface area (Å²) in [5.41, 5.74) is 3.06. The van der Waals surface area contributed by atoms with E-state index in [0.717, 1.165) is 23.9 Å². The van der Waals surface area contributed by atoms with Crippen molar-refractivity contribution in [1.29, 1.82) is 5.26 Å². The highest BCUT2D eigenvalue weighted by atomic mass is 32.2. The number of hydrogen-bond donors (Lipinski definition) is 2. The Balaban J connectivity index is 1.33. The second-order valence-electron chi connectivity index (χ2n) is 6.83. The number of aromatic nitrogens is 2. The molecule has 0 spiro atoms. The number of aryl methyl sites for hydroxylation is 1. The van der Waals surface area contributed by atoms with Crippen LogP contribution >= 0.6 is 11.8 Å². The van der Waals surface area contributed by atoms with Gasteiger partial charge >= 0.3 is 0 Å². The fraction of sp³-hybridized carbons (Fsp3) is 0.125. The van der Waals surface area contributed by atoms with Gasteiger partial charge in [-0.25, -0.2) is 4.98 Å². The van der Waals surface area contributed by atoms with E-state index in [2.05, 4.69) is 27.4 Å². The fourth-order valence-corrected chi connectivity index (χ4v) is 3.83. The van der Waals surface area contributed by atoms with E-state index in [1.807, 2.05) is 48.5 Å². The van der Waals surface area contributed by atoms with Gasteiger partial charge in [0.2, 0.25) is 0 Å². The number of rotatable bonds is 8. The summed E-state index contributed by atoms with van der Waals surface area (Å²) in [6.45, 7) is 0.498. The molecule has 2 heterocycles. The molecule has 4 aromatic rings. The molecule has 0 radical (unpaired) electrons. The lowest BCUT2D eigenvalue weighted by Gasteiger charge is -2.04. The molecule has 154 valence electrons. The molecule has 0 aliphatic carbocycles. The van der Waals surface area contributed by atoms with Crippen molar-refractivity contribution in [3.8, 4) is 6.07 Å². The molecule has 0 aliphatic heterocycles. The quantitative estimate of drug-likeness (QED) is 0.235. The number of benzene rings is 2. The summed E-state index contributed by atoms with van der Waals surface area (Å²) < 4.78 is 5.75. The lowest BCUT2D eigenvalue weighted by molar-refractivity contribution is -0.117. The van der Waals surface area contributed by atoms with Crippen LogP contribution in [0.25, 0.3) is 17.1 Å². The monoisotopic (exact) mass is 428 g/mol. The molecule has 31 heavy (non-hydrogen) atoms. The topological polar surface area (TPSA) is 94.7 Å². The molecule has 0 bridgehead atoms. The lowest BCUT2D eigenvalue weighted by atomic mass is 10.1. The summed E-state index contributed by atoms with van der Waals surface area (Å²) in [7, 11) is 0. The number of aromatic amines is 1. The minimum absolute atomic E-state index is 0.00866. The predicted molar refractivity (Wildman–Crippen MR) is 120 cm³/mol. The number of imidazole rings is 1. The van der Waals surface area contributed by atoms with Crippen molar-refractivity contribution in [3.63, 3.8) is 0 Å². The van der Waals surface area contributed by atoms with Gasteiger partial charge in [-0.05, 0) is 54.4 Å². The van der Waals surface area contributed by atoms with Gasteiger partial charge in [-0.3, -0.25) is 4.79 Å². The highest BCUT2D eigenvalue weighted by Crippen LogP contribution is 2.29. The SMILES string of the molecule is N#C/C(=C/c1ccc(Sc2nc3ccccc3[nH]2)o1)C(=O)NCCCc1ccccc1. The Morgan fingerprint density at radius 1 is 1.13 bits per heavy atom. The average molecular weight is 429 g/mol. The van der Waals surface area contributed by atoms with Crippen LogP contribution in [-0.4, -0.2) is 22.4 Å². The van der Waals surface area contributed by atoms with E-state index in [1.54, 1.807) is 12.1 Å². The number of carbonyl (C=O) groups excluding carboxylic acids is 1. The van der Waals surface area contributed by atoms with Crippen LogP contribution in [0.5, 0.6) is 0 Å². The summed E-state index contributed by atoms with van der Waals surface area (Å²) in [5, 5.41) is 13.5. The Hall–Kier alpha value is -3.76. The number of nitriles is 1. The molecule has 4 rings (SSSR count). The minimum Gasteiger partial charge on any atom is -0.450 e. The number of H-pyrrole nitrogens is 1. The zero-order valence-corrected chi connectivity index (χ0v) is 17.5. The highest BCUT2D eigenvalue weighted by Gasteiger charge is 2.11. The first-order valence-corrected chi connectivity index (χ1v) is 10.7. The first-order valence-electron chi connectivity index (χ1n) is 9.87. The molecule has 7 heteroatoms. The molecule has 2 aromatic carbocycles. The summed E-state index contributed by atoms with van der Waals surface area (Å²) in [4.78, 5) is 20.0. The van der Waals surface area contributed by atoms with Gasteiger partial charge in [0.05, 0.1) is 11.0 Å². The van der Waals surface area contributed by atoms with Crippen LogP contribution in [0.1, 0.15) is 17.7 Å². The molecule has 0 aliphatic rings. The standard InChI is InChI=1S/C24H20N4O2S/c25-16-18(23(29)26-14-6-9-17-7-2-1-3-8-17)15-19-12-13-22(30-19)31-24-27-20-10-4-5-11-21(20)28-24/h1-5,7-8,10-13,15H,6,9,14H2,(H,26,29)(H,27,28)/b18-15-. The molecule has 0 fully saturated rings. The van der Waals surface area contributed by atoms with Crippen LogP contribution in [0.4, 0.5) is 0 Å². The van der Waals surface area contributed by atoms with Gasteiger partial charge in [0.1, 0.15) is 17.4 Å². The van der Waals surface area contributed by atoms with Crippen molar-refractivity contribution in [2.24, 2.45) is 0 Å². The van der Waals surface area contributed by atoms with Crippen LogP contribution in [0, 0.1) is 11.3 Å². The van der Waals surface area contributed by atoms with Crippen LogP contribution in [-0.2, 0) is 11.2 Å².